The Morgan fingerprint density at radius 1 is 0.567 bits per heavy atom. The SMILES string of the molecule is O=C1c2ccccc2-c2ccc(C(=O)N3CCN(C(=O)c4ccccc4)CC3)cc21. The molecule has 1 aliphatic heterocycles. The van der Waals surface area contributed by atoms with Gasteiger partial charge in [-0.05, 0) is 35.4 Å². The zero-order chi connectivity index (χ0) is 20.7. The van der Waals surface area contributed by atoms with Crippen molar-refractivity contribution in [3.8, 4) is 11.1 Å². The maximum Gasteiger partial charge on any atom is 0.253 e. The minimum Gasteiger partial charge on any atom is -0.335 e. The predicted molar refractivity (Wildman–Crippen MR) is 114 cm³/mol. The number of hydrogen-bond acceptors (Lipinski definition) is 3. The first-order valence-electron chi connectivity index (χ1n) is 10.1. The monoisotopic (exact) mass is 396 g/mol. The van der Waals surface area contributed by atoms with E-state index in [1.165, 1.54) is 0 Å². The Morgan fingerprint density at radius 3 is 1.77 bits per heavy atom. The molecular weight excluding hydrogens is 376 g/mol. The van der Waals surface area contributed by atoms with Crippen LogP contribution < -0.4 is 0 Å². The lowest BCUT2D eigenvalue weighted by molar-refractivity contribution is 0.0535. The van der Waals surface area contributed by atoms with Gasteiger partial charge in [-0.3, -0.25) is 14.4 Å². The van der Waals surface area contributed by atoms with Crippen molar-refractivity contribution in [3.63, 3.8) is 0 Å². The lowest BCUT2D eigenvalue weighted by Gasteiger charge is -2.35. The standard InChI is InChI=1S/C25H20N2O3/c28-23-21-9-5-4-8-19(21)20-11-10-18(16-22(20)23)25(30)27-14-12-26(13-15-27)24(29)17-6-2-1-3-7-17/h1-11,16H,12-15H2. The van der Waals surface area contributed by atoms with Gasteiger partial charge in [-0.1, -0.05) is 48.5 Å². The summed E-state index contributed by atoms with van der Waals surface area (Å²) in [7, 11) is 0. The van der Waals surface area contributed by atoms with Crippen LogP contribution in [0.3, 0.4) is 0 Å². The van der Waals surface area contributed by atoms with Crippen molar-refractivity contribution >= 4 is 17.6 Å². The van der Waals surface area contributed by atoms with Crippen LogP contribution in [0, 0.1) is 0 Å². The molecule has 148 valence electrons. The average Bonchev–Trinajstić information content (AvgIpc) is 3.10. The van der Waals surface area contributed by atoms with Crippen molar-refractivity contribution in [2.45, 2.75) is 0 Å². The number of piperazine rings is 1. The molecule has 0 bridgehead atoms. The van der Waals surface area contributed by atoms with Crippen LogP contribution in [0.5, 0.6) is 0 Å². The number of ketones is 1. The Bertz CT molecular complexity index is 1160. The summed E-state index contributed by atoms with van der Waals surface area (Å²) in [5.74, 6) is -0.148. The van der Waals surface area contributed by atoms with Crippen molar-refractivity contribution in [1.82, 2.24) is 9.80 Å². The maximum absolute atomic E-state index is 13.0. The van der Waals surface area contributed by atoms with E-state index in [0.29, 0.717) is 48.4 Å². The first-order valence-corrected chi connectivity index (χ1v) is 10.1. The summed E-state index contributed by atoms with van der Waals surface area (Å²) in [6.45, 7) is 1.94. The minimum atomic E-state index is -0.103. The van der Waals surface area contributed by atoms with Gasteiger partial charge in [-0.25, -0.2) is 0 Å². The molecule has 5 heteroatoms. The molecule has 30 heavy (non-hydrogen) atoms. The number of carbonyl (C=O) groups is 3. The highest BCUT2D eigenvalue weighted by Gasteiger charge is 2.29. The number of rotatable bonds is 2. The quantitative estimate of drug-likeness (QED) is 0.521. The van der Waals surface area contributed by atoms with Gasteiger partial charge in [0.15, 0.2) is 5.78 Å². The zero-order valence-electron chi connectivity index (χ0n) is 16.4. The molecule has 0 radical (unpaired) electrons. The van der Waals surface area contributed by atoms with E-state index in [2.05, 4.69) is 0 Å². The number of amides is 2. The minimum absolute atomic E-state index is 0.0106. The first-order chi connectivity index (χ1) is 14.6. The highest BCUT2D eigenvalue weighted by molar-refractivity contribution is 6.22. The van der Waals surface area contributed by atoms with Gasteiger partial charge in [0.05, 0.1) is 0 Å². The molecule has 0 N–H and O–H groups in total. The van der Waals surface area contributed by atoms with Crippen LogP contribution in [0.1, 0.15) is 36.6 Å². The fourth-order valence-electron chi connectivity index (χ4n) is 4.22. The van der Waals surface area contributed by atoms with Gasteiger partial charge in [0.1, 0.15) is 0 Å². The van der Waals surface area contributed by atoms with Crippen LogP contribution in [0.15, 0.2) is 72.8 Å². The first kappa shape index (κ1) is 18.3. The third-order valence-electron chi connectivity index (χ3n) is 5.85. The Balaban J connectivity index is 1.30. The predicted octanol–water partition coefficient (Wildman–Crippen LogP) is 3.50. The van der Waals surface area contributed by atoms with Gasteiger partial charge in [0, 0.05) is 48.4 Å². The van der Waals surface area contributed by atoms with Crippen LogP contribution in [0.2, 0.25) is 0 Å². The summed E-state index contributed by atoms with van der Waals surface area (Å²) >= 11 is 0. The van der Waals surface area contributed by atoms with Crippen LogP contribution in [0.4, 0.5) is 0 Å². The molecule has 0 unspecified atom stereocenters. The maximum atomic E-state index is 13.0. The highest BCUT2D eigenvalue weighted by Crippen LogP contribution is 2.36. The summed E-state index contributed by atoms with van der Waals surface area (Å²) in [5.41, 5.74) is 4.24. The smallest absolute Gasteiger partial charge is 0.253 e. The molecule has 5 nitrogen and oxygen atoms in total. The fraction of sp³-hybridized carbons (Fsp3) is 0.160. The lowest BCUT2D eigenvalue weighted by Crippen LogP contribution is -2.50. The molecule has 1 heterocycles. The Labute approximate surface area is 174 Å². The van der Waals surface area contributed by atoms with Gasteiger partial charge in [-0.2, -0.15) is 0 Å². The number of carbonyl (C=O) groups excluding carboxylic acids is 3. The van der Waals surface area contributed by atoms with Crippen LogP contribution in [-0.4, -0.2) is 53.6 Å². The van der Waals surface area contributed by atoms with Crippen molar-refractivity contribution in [2.75, 3.05) is 26.2 Å². The molecular formula is C25H20N2O3. The van der Waals surface area contributed by atoms with E-state index in [4.69, 9.17) is 0 Å². The molecule has 1 aliphatic carbocycles. The summed E-state index contributed by atoms with van der Waals surface area (Å²) in [6.07, 6.45) is 0. The Kier molecular flexibility index (Phi) is 4.43. The van der Waals surface area contributed by atoms with Crippen LogP contribution in [-0.2, 0) is 0 Å². The van der Waals surface area contributed by atoms with Crippen molar-refractivity contribution in [3.05, 3.63) is 95.1 Å². The average molecular weight is 396 g/mol. The van der Waals surface area contributed by atoms with Gasteiger partial charge < -0.3 is 9.80 Å². The number of hydrogen-bond donors (Lipinski definition) is 0. The van der Waals surface area contributed by atoms with Crippen molar-refractivity contribution < 1.29 is 14.4 Å². The topological polar surface area (TPSA) is 57.7 Å². The Hall–Kier alpha value is -3.73. The molecule has 0 atom stereocenters. The normalized spacial score (nSPS) is 15.0. The van der Waals surface area contributed by atoms with E-state index in [-0.39, 0.29) is 17.6 Å². The number of benzene rings is 3. The molecule has 2 amide bonds. The van der Waals surface area contributed by atoms with Gasteiger partial charge >= 0.3 is 0 Å². The Morgan fingerprint density at radius 2 is 1.10 bits per heavy atom. The van der Waals surface area contributed by atoms with E-state index >= 15 is 0 Å². The van der Waals surface area contributed by atoms with E-state index in [1.807, 2.05) is 48.5 Å². The largest absolute Gasteiger partial charge is 0.335 e. The van der Waals surface area contributed by atoms with E-state index < -0.39 is 0 Å². The number of nitrogens with zero attached hydrogens (tertiary/aromatic N) is 2. The van der Waals surface area contributed by atoms with Crippen LogP contribution in [0.25, 0.3) is 11.1 Å². The fourth-order valence-corrected chi connectivity index (χ4v) is 4.22. The van der Waals surface area contributed by atoms with Crippen LogP contribution >= 0.6 is 0 Å². The molecule has 5 rings (SSSR count). The molecule has 2 aliphatic rings. The summed E-state index contributed by atoms with van der Waals surface area (Å²) in [4.78, 5) is 41.9. The number of fused-ring (bicyclic) bond motifs is 3. The van der Waals surface area contributed by atoms with Gasteiger partial charge in [-0.15, -0.1) is 0 Å². The van der Waals surface area contributed by atoms with Crippen molar-refractivity contribution in [1.29, 1.82) is 0 Å². The zero-order valence-corrected chi connectivity index (χ0v) is 16.4. The second-order valence-corrected chi connectivity index (χ2v) is 7.59. The molecule has 0 spiro atoms. The molecule has 1 saturated heterocycles. The second kappa shape index (κ2) is 7.26. The highest BCUT2D eigenvalue weighted by atomic mass is 16.2. The summed E-state index contributed by atoms with van der Waals surface area (Å²) < 4.78 is 0. The van der Waals surface area contributed by atoms with Gasteiger partial charge in [0.2, 0.25) is 0 Å². The molecule has 0 saturated carbocycles. The second-order valence-electron chi connectivity index (χ2n) is 7.59. The van der Waals surface area contributed by atoms with Gasteiger partial charge in [0.25, 0.3) is 11.8 Å². The molecule has 0 aromatic heterocycles. The van der Waals surface area contributed by atoms with Crippen molar-refractivity contribution in [2.24, 2.45) is 0 Å². The third kappa shape index (κ3) is 2.99. The third-order valence-corrected chi connectivity index (χ3v) is 5.85. The van der Waals surface area contributed by atoms with E-state index in [1.54, 1.807) is 34.1 Å². The summed E-state index contributed by atoms with van der Waals surface area (Å²) in [5, 5.41) is 0. The van der Waals surface area contributed by atoms with E-state index in [9.17, 15) is 14.4 Å². The lowest BCUT2D eigenvalue weighted by atomic mass is 10.0. The summed E-state index contributed by atoms with van der Waals surface area (Å²) in [6, 6.07) is 22.1. The molecule has 3 aromatic rings. The van der Waals surface area contributed by atoms with E-state index in [0.717, 1.165) is 11.1 Å². The molecule has 1 fully saturated rings. The molecule has 3 aromatic carbocycles.